The molecule has 0 aliphatic rings. The van der Waals surface area contributed by atoms with E-state index in [-0.39, 0.29) is 20.5 Å². The number of halogens is 2. The van der Waals surface area contributed by atoms with Crippen molar-refractivity contribution in [1.29, 1.82) is 0 Å². The quantitative estimate of drug-likeness (QED) is 0.788. The third-order valence-electron chi connectivity index (χ3n) is 2.11. The molecule has 0 amide bonds. The van der Waals surface area contributed by atoms with E-state index in [4.69, 9.17) is 21.1 Å². The Kier molecular flexibility index (Phi) is 4.02. The molecule has 2 aromatic heterocycles. The van der Waals surface area contributed by atoms with Gasteiger partial charge in [-0.25, -0.2) is 18.2 Å². The number of carboxylic acids is 1. The minimum atomic E-state index is -4.05. The van der Waals surface area contributed by atoms with Crippen LogP contribution in [0.5, 0.6) is 0 Å². The molecule has 2 rings (SSSR count). The van der Waals surface area contributed by atoms with Crippen LogP contribution in [-0.2, 0) is 10.0 Å². The first kappa shape index (κ1) is 14.8. The number of anilines is 1. The van der Waals surface area contributed by atoms with Crippen molar-refractivity contribution in [3.63, 3.8) is 0 Å². The van der Waals surface area contributed by atoms with Crippen molar-refractivity contribution in [3.8, 4) is 0 Å². The van der Waals surface area contributed by atoms with Gasteiger partial charge in [-0.05, 0) is 28.1 Å². The third kappa shape index (κ3) is 3.11. The number of carbonyl (C=O) groups is 1. The van der Waals surface area contributed by atoms with Gasteiger partial charge in [0, 0.05) is 6.07 Å². The van der Waals surface area contributed by atoms with Crippen LogP contribution in [0.2, 0.25) is 5.15 Å². The predicted molar refractivity (Wildman–Crippen MR) is 73.4 cm³/mol. The van der Waals surface area contributed by atoms with E-state index in [2.05, 4.69) is 25.6 Å². The molecule has 10 heteroatoms. The molecule has 0 aliphatic carbocycles. The summed E-state index contributed by atoms with van der Waals surface area (Å²) in [5, 5.41) is 8.87. The first-order valence-corrected chi connectivity index (χ1v) is 7.63. The SMILES string of the molecule is O=C(O)c1cc(S(=O)(=O)Nc2cccc(Cl)n2)c(Br)o1. The molecule has 0 radical (unpaired) electrons. The summed E-state index contributed by atoms with van der Waals surface area (Å²) < 4.78 is 30.9. The van der Waals surface area contributed by atoms with Crippen molar-refractivity contribution in [1.82, 2.24) is 4.98 Å². The van der Waals surface area contributed by atoms with Crippen LogP contribution in [0.25, 0.3) is 0 Å². The fraction of sp³-hybridized carbons (Fsp3) is 0. The molecule has 0 saturated carbocycles. The van der Waals surface area contributed by atoms with Crippen LogP contribution >= 0.6 is 27.5 Å². The largest absolute Gasteiger partial charge is 0.475 e. The van der Waals surface area contributed by atoms with Crippen molar-refractivity contribution in [2.45, 2.75) is 4.90 Å². The number of nitrogens with zero attached hydrogens (tertiary/aromatic N) is 1. The van der Waals surface area contributed by atoms with Crippen molar-refractivity contribution in [2.75, 3.05) is 4.72 Å². The van der Waals surface area contributed by atoms with Gasteiger partial charge in [0.25, 0.3) is 10.0 Å². The smallest absolute Gasteiger partial charge is 0.371 e. The van der Waals surface area contributed by atoms with E-state index in [1.807, 2.05) is 0 Å². The number of carboxylic acid groups (broad SMARTS) is 1. The molecule has 2 heterocycles. The number of furan rings is 1. The van der Waals surface area contributed by atoms with Gasteiger partial charge in [0.05, 0.1) is 0 Å². The van der Waals surface area contributed by atoms with Crippen molar-refractivity contribution in [3.05, 3.63) is 39.8 Å². The molecular formula is C10H6BrClN2O5S. The summed E-state index contributed by atoms with van der Waals surface area (Å²) >= 11 is 8.50. The topological polar surface area (TPSA) is 110 Å². The maximum absolute atomic E-state index is 12.1. The lowest BCUT2D eigenvalue weighted by Gasteiger charge is -2.05. The van der Waals surface area contributed by atoms with Gasteiger partial charge in [0.15, 0.2) is 4.67 Å². The Balaban J connectivity index is 2.38. The van der Waals surface area contributed by atoms with Crippen LogP contribution in [0, 0.1) is 0 Å². The standard InChI is InChI=1S/C10H6BrClN2O5S/c11-9-6(4-5(19-9)10(15)16)20(17,18)14-8-3-1-2-7(12)13-8/h1-4H,(H,13,14)(H,15,16). The molecule has 0 bridgehead atoms. The highest BCUT2D eigenvalue weighted by atomic mass is 79.9. The predicted octanol–water partition coefficient (Wildman–Crippen LogP) is 2.59. The Labute approximate surface area is 126 Å². The van der Waals surface area contributed by atoms with E-state index in [0.29, 0.717) is 0 Å². The van der Waals surface area contributed by atoms with Crippen LogP contribution in [0.15, 0.2) is 38.2 Å². The van der Waals surface area contributed by atoms with Crippen LogP contribution in [-0.4, -0.2) is 24.5 Å². The van der Waals surface area contributed by atoms with Gasteiger partial charge in [0.2, 0.25) is 5.76 Å². The molecule has 20 heavy (non-hydrogen) atoms. The normalized spacial score (nSPS) is 11.3. The minimum Gasteiger partial charge on any atom is -0.475 e. The number of pyridine rings is 1. The molecule has 0 saturated heterocycles. The average molecular weight is 382 g/mol. The molecule has 2 N–H and O–H groups in total. The van der Waals surface area contributed by atoms with Gasteiger partial charge in [-0.2, -0.15) is 0 Å². The first-order valence-electron chi connectivity index (χ1n) is 4.97. The van der Waals surface area contributed by atoms with E-state index >= 15 is 0 Å². The summed E-state index contributed by atoms with van der Waals surface area (Å²) in [5.41, 5.74) is 0. The summed E-state index contributed by atoms with van der Waals surface area (Å²) in [7, 11) is -4.05. The molecule has 2 aromatic rings. The Bertz CT molecular complexity index is 774. The van der Waals surface area contributed by atoms with Gasteiger partial charge in [-0.1, -0.05) is 17.7 Å². The fourth-order valence-corrected chi connectivity index (χ4v) is 3.40. The molecule has 0 spiro atoms. The summed E-state index contributed by atoms with van der Waals surface area (Å²) in [6.45, 7) is 0. The van der Waals surface area contributed by atoms with Gasteiger partial charge in [0.1, 0.15) is 15.9 Å². The Morgan fingerprint density at radius 2 is 2.15 bits per heavy atom. The summed E-state index contributed by atoms with van der Waals surface area (Å²) in [6, 6.07) is 5.28. The second-order valence-corrected chi connectivity index (χ2v) is 6.26. The van der Waals surface area contributed by atoms with Crippen LogP contribution in [0.3, 0.4) is 0 Å². The van der Waals surface area contributed by atoms with Gasteiger partial charge < -0.3 is 9.52 Å². The van der Waals surface area contributed by atoms with E-state index in [0.717, 1.165) is 6.07 Å². The summed E-state index contributed by atoms with van der Waals surface area (Å²) in [5.74, 6) is -1.88. The first-order chi connectivity index (χ1) is 9.29. The maximum atomic E-state index is 12.1. The fourth-order valence-electron chi connectivity index (χ4n) is 1.30. The number of hydrogen-bond acceptors (Lipinski definition) is 5. The number of sulfonamides is 1. The number of nitrogens with one attached hydrogen (secondary N) is 1. The molecule has 0 fully saturated rings. The van der Waals surface area contributed by atoms with Crippen LogP contribution in [0.1, 0.15) is 10.6 Å². The van der Waals surface area contributed by atoms with Crippen LogP contribution < -0.4 is 4.72 Å². The van der Waals surface area contributed by atoms with Crippen molar-refractivity contribution in [2.24, 2.45) is 0 Å². The molecule has 7 nitrogen and oxygen atoms in total. The third-order valence-corrected chi connectivity index (χ3v) is 4.53. The molecule has 0 aromatic carbocycles. The highest BCUT2D eigenvalue weighted by Crippen LogP contribution is 2.27. The number of aromatic carboxylic acids is 1. The van der Waals surface area contributed by atoms with E-state index in [1.54, 1.807) is 0 Å². The molecule has 0 atom stereocenters. The van der Waals surface area contributed by atoms with E-state index in [1.165, 1.54) is 18.2 Å². The summed E-state index contributed by atoms with van der Waals surface area (Å²) in [4.78, 5) is 14.2. The van der Waals surface area contributed by atoms with Crippen LogP contribution in [0.4, 0.5) is 5.82 Å². The lowest BCUT2D eigenvalue weighted by atomic mass is 10.5. The highest BCUT2D eigenvalue weighted by Gasteiger charge is 2.25. The van der Waals surface area contributed by atoms with E-state index < -0.39 is 21.8 Å². The number of rotatable bonds is 4. The zero-order valence-corrected chi connectivity index (χ0v) is 12.7. The molecule has 0 aliphatic heterocycles. The second-order valence-electron chi connectivity index (χ2n) is 3.50. The summed E-state index contributed by atoms with van der Waals surface area (Å²) in [6.07, 6.45) is 0. The Morgan fingerprint density at radius 1 is 1.45 bits per heavy atom. The van der Waals surface area contributed by atoms with Crippen molar-refractivity contribution >= 4 is 49.3 Å². The maximum Gasteiger partial charge on any atom is 0.371 e. The Hall–Kier alpha value is -1.58. The zero-order chi connectivity index (χ0) is 14.9. The lowest BCUT2D eigenvalue weighted by molar-refractivity contribution is 0.0661. The van der Waals surface area contributed by atoms with Gasteiger partial charge in [-0.15, -0.1) is 0 Å². The van der Waals surface area contributed by atoms with Gasteiger partial charge >= 0.3 is 5.97 Å². The van der Waals surface area contributed by atoms with E-state index in [9.17, 15) is 13.2 Å². The number of aromatic nitrogens is 1. The number of hydrogen-bond donors (Lipinski definition) is 2. The monoisotopic (exact) mass is 380 g/mol. The Morgan fingerprint density at radius 3 is 2.70 bits per heavy atom. The molecular weight excluding hydrogens is 376 g/mol. The second kappa shape index (κ2) is 5.43. The van der Waals surface area contributed by atoms with Crippen molar-refractivity contribution < 1.29 is 22.7 Å². The lowest BCUT2D eigenvalue weighted by Crippen LogP contribution is -2.13. The molecule has 106 valence electrons. The average Bonchev–Trinajstić information content (AvgIpc) is 2.71. The zero-order valence-electron chi connectivity index (χ0n) is 9.50. The minimum absolute atomic E-state index is 0.00229. The van der Waals surface area contributed by atoms with Gasteiger partial charge in [-0.3, -0.25) is 4.72 Å². The molecule has 0 unspecified atom stereocenters. The highest BCUT2D eigenvalue weighted by molar-refractivity contribution is 9.10.